The molecule has 8 nitrogen and oxygen atoms in total. The lowest BCUT2D eigenvalue weighted by atomic mass is 10.1. The van der Waals surface area contributed by atoms with E-state index in [9.17, 15) is 8.42 Å². The molecule has 4 rings (SSSR count). The van der Waals surface area contributed by atoms with Crippen LogP contribution in [-0.2, 0) is 23.0 Å². The number of rotatable bonds is 5. The third-order valence-electron chi connectivity index (χ3n) is 5.68. The van der Waals surface area contributed by atoms with E-state index in [4.69, 9.17) is 14.7 Å². The van der Waals surface area contributed by atoms with Crippen LogP contribution in [0.4, 0.5) is 5.82 Å². The number of sulfonamides is 1. The summed E-state index contributed by atoms with van der Waals surface area (Å²) in [6, 6.07) is 6.16. The largest absolute Gasteiger partial charge is 0.497 e. The fraction of sp³-hybridized carbons (Fsp3) is 0.500. The van der Waals surface area contributed by atoms with Gasteiger partial charge in [0.2, 0.25) is 10.0 Å². The first-order valence-corrected chi connectivity index (χ1v) is 11.3. The Balaban J connectivity index is 1.70. The number of hydrogen-bond donors (Lipinski definition) is 1. The second-order valence-electron chi connectivity index (χ2n) is 7.54. The van der Waals surface area contributed by atoms with Gasteiger partial charge in [0.25, 0.3) is 0 Å². The molecule has 9 heteroatoms. The number of likely N-dealkylation sites (N-methyl/N-ethyl adjacent to an activating group) is 1. The molecular weight excluding hydrogens is 390 g/mol. The van der Waals surface area contributed by atoms with Gasteiger partial charge in [0, 0.05) is 32.2 Å². The average Bonchev–Trinajstić information content (AvgIpc) is 3.23. The maximum absolute atomic E-state index is 13.3. The van der Waals surface area contributed by atoms with Crippen LogP contribution in [0.3, 0.4) is 0 Å². The molecule has 0 radical (unpaired) electrons. The first kappa shape index (κ1) is 20.1. The average molecular weight is 418 g/mol. The van der Waals surface area contributed by atoms with E-state index in [2.05, 4.69) is 17.3 Å². The van der Waals surface area contributed by atoms with Crippen molar-refractivity contribution in [2.75, 3.05) is 39.6 Å². The van der Waals surface area contributed by atoms with E-state index in [0.717, 1.165) is 43.0 Å². The Morgan fingerprint density at radius 2 is 1.93 bits per heavy atom. The molecule has 2 aromatic rings. The predicted octanol–water partition coefficient (Wildman–Crippen LogP) is 2.04. The molecule has 3 heterocycles. The molecule has 156 valence electrons. The molecule has 0 saturated carbocycles. The molecule has 0 amide bonds. The molecule has 1 aromatic heterocycles. The van der Waals surface area contributed by atoms with Crippen LogP contribution in [0.25, 0.3) is 0 Å². The van der Waals surface area contributed by atoms with Crippen molar-refractivity contribution in [3.05, 3.63) is 41.3 Å². The highest BCUT2D eigenvalue weighted by Gasteiger charge is 2.38. The lowest BCUT2D eigenvalue weighted by Crippen LogP contribution is -2.33. The van der Waals surface area contributed by atoms with E-state index in [1.807, 2.05) is 7.05 Å². The second-order valence-corrected chi connectivity index (χ2v) is 9.43. The van der Waals surface area contributed by atoms with Crippen LogP contribution >= 0.6 is 0 Å². The molecular formula is C20H27N5O3S. The smallest absolute Gasteiger partial charge is 0.243 e. The van der Waals surface area contributed by atoms with Gasteiger partial charge in [0.15, 0.2) is 0 Å². The molecule has 29 heavy (non-hydrogen) atoms. The monoisotopic (exact) mass is 417 g/mol. The maximum Gasteiger partial charge on any atom is 0.243 e. The van der Waals surface area contributed by atoms with Crippen molar-refractivity contribution >= 4 is 15.8 Å². The van der Waals surface area contributed by atoms with Crippen molar-refractivity contribution in [1.82, 2.24) is 19.2 Å². The summed E-state index contributed by atoms with van der Waals surface area (Å²) in [5, 5.41) is 3.18. The molecule has 0 aliphatic carbocycles. The third-order valence-corrected chi connectivity index (χ3v) is 7.60. The summed E-state index contributed by atoms with van der Waals surface area (Å²) in [6.45, 7) is 2.18. The molecule has 1 fully saturated rings. The standard InChI is InChI=1S/C20H27N5O3S/c1-21-19-16-10-12-24(2)13-17(16)22-20(23-19)18-5-4-11-25(18)29(26,27)15-8-6-14(28-3)7-9-15/h6-9,18H,4-5,10-13H2,1-3H3,(H,21,22,23)/t18-/m1/s1. The van der Waals surface area contributed by atoms with Gasteiger partial charge in [-0.3, -0.25) is 0 Å². The number of aromatic nitrogens is 2. The number of nitrogens with one attached hydrogen (secondary N) is 1. The maximum atomic E-state index is 13.3. The number of hydrogen-bond acceptors (Lipinski definition) is 7. The normalized spacial score (nSPS) is 20.4. The lowest BCUT2D eigenvalue weighted by Gasteiger charge is -2.28. The molecule has 1 N–H and O–H groups in total. The molecule has 2 aliphatic rings. The van der Waals surface area contributed by atoms with E-state index in [0.29, 0.717) is 24.5 Å². The van der Waals surface area contributed by atoms with Gasteiger partial charge in [-0.05, 0) is 50.6 Å². The predicted molar refractivity (Wildman–Crippen MR) is 110 cm³/mol. The van der Waals surface area contributed by atoms with Gasteiger partial charge >= 0.3 is 0 Å². The Morgan fingerprint density at radius 3 is 2.62 bits per heavy atom. The Bertz CT molecular complexity index is 994. The van der Waals surface area contributed by atoms with E-state index < -0.39 is 10.0 Å². The summed E-state index contributed by atoms with van der Waals surface area (Å²) in [5.74, 6) is 2.02. The summed E-state index contributed by atoms with van der Waals surface area (Å²) in [4.78, 5) is 12.0. The molecule has 1 aromatic carbocycles. The van der Waals surface area contributed by atoms with Crippen LogP contribution in [0.15, 0.2) is 29.2 Å². The van der Waals surface area contributed by atoms with Crippen molar-refractivity contribution in [3.8, 4) is 5.75 Å². The Kier molecular flexibility index (Phi) is 5.46. The Morgan fingerprint density at radius 1 is 1.17 bits per heavy atom. The van der Waals surface area contributed by atoms with E-state index >= 15 is 0 Å². The van der Waals surface area contributed by atoms with Gasteiger partial charge in [-0.2, -0.15) is 4.31 Å². The van der Waals surface area contributed by atoms with Crippen LogP contribution in [0.2, 0.25) is 0 Å². The van der Waals surface area contributed by atoms with Crippen LogP contribution in [0.1, 0.15) is 36.0 Å². The van der Waals surface area contributed by atoms with Gasteiger partial charge < -0.3 is 15.0 Å². The highest BCUT2D eigenvalue weighted by molar-refractivity contribution is 7.89. The zero-order chi connectivity index (χ0) is 20.6. The second kappa shape index (κ2) is 7.89. The van der Waals surface area contributed by atoms with E-state index in [1.54, 1.807) is 35.7 Å². The minimum atomic E-state index is -3.65. The summed E-state index contributed by atoms with van der Waals surface area (Å²) in [6.07, 6.45) is 2.39. The SMILES string of the molecule is CNc1nc([C@H]2CCCN2S(=O)(=O)c2ccc(OC)cc2)nc2c1CCN(C)C2. The summed E-state index contributed by atoms with van der Waals surface area (Å²) >= 11 is 0. The third kappa shape index (κ3) is 3.70. The quantitative estimate of drug-likeness (QED) is 0.796. The van der Waals surface area contributed by atoms with Crippen molar-refractivity contribution in [1.29, 1.82) is 0 Å². The Labute approximate surface area is 172 Å². The number of benzene rings is 1. The van der Waals surface area contributed by atoms with Gasteiger partial charge in [-0.25, -0.2) is 18.4 Å². The zero-order valence-corrected chi connectivity index (χ0v) is 17.9. The Hall–Kier alpha value is -2.23. The molecule has 0 spiro atoms. The molecule has 1 saturated heterocycles. The minimum Gasteiger partial charge on any atom is -0.497 e. The first-order chi connectivity index (χ1) is 13.9. The van der Waals surface area contributed by atoms with Crippen molar-refractivity contribution < 1.29 is 13.2 Å². The van der Waals surface area contributed by atoms with Crippen molar-refractivity contribution in [2.24, 2.45) is 0 Å². The lowest BCUT2D eigenvalue weighted by molar-refractivity contribution is 0.304. The number of fused-ring (bicyclic) bond motifs is 1. The van der Waals surface area contributed by atoms with Crippen LogP contribution < -0.4 is 10.1 Å². The van der Waals surface area contributed by atoms with Gasteiger partial charge in [-0.1, -0.05) is 0 Å². The molecule has 0 unspecified atom stereocenters. The van der Waals surface area contributed by atoms with E-state index in [1.165, 1.54) is 0 Å². The van der Waals surface area contributed by atoms with Gasteiger partial charge in [-0.15, -0.1) is 0 Å². The zero-order valence-electron chi connectivity index (χ0n) is 17.1. The van der Waals surface area contributed by atoms with E-state index in [-0.39, 0.29) is 10.9 Å². The number of nitrogens with zero attached hydrogens (tertiary/aromatic N) is 4. The number of ether oxygens (including phenoxy) is 1. The van der Waals surface area contributed by atoms with Crippen LogP contribution in [0.5, 0.6) is 5.75 Å². The topological polar surface area (TPSA) is 87.7 Å². The minimum absolute atomic E-state index is 0.261. The molecule has 1 atom stereocenters. The number of methoxy groups -OCH3 is 1. The van der Waals surface area contributed by atoms with Crippen LogP contribution in [0, 0.1) is 0 Å². The molecule has 2 aliphatic heterocycles. The highest BCUT2D eigenvalue weighted by Crippen LogP contribution is 2.37. The summed E-state index contributed by atoms with van der Waals surface area (Å²) < 4.78 is 33.3. The van der Waals surface area contributed by atoms with Gasteiger partial charge in [0.1, 0.15) is 17.4 Å². The van der Waals surface area contributed by atoms with Crippen LogP contribution in [-0.4, -0.2) is 61.9 Å². The highest BCUT2D eigenvalue weighted by atomic mass is 32.2. The fourth-order valence-corrected chi connectivity index (χ4v) is 5.76. The summed E-state index contributed by atoms with van der Waals surface area (Å²) in [7, 11) is 1.84. The first-order valence-electron chi connectivity index (χ1n) is 9.86. The van der Waals surface area contributed by atoms with Crippen molar-refractivity contribution in [2.45, 2.75) is 36.7 Å². The van der Waals surface area contributed by atoms with Gasteiger partial charge in [0.05, 0.1) is 23.7 Å². The number of anilines is 1. The van der Waals surface area contributed by atoms with Crippen molar-refractivity contribution in [3.63, 3.8) is 0 Å². The summed E-state index contributed by atoms with van der Waals surface area (Å²) in [5.41, 5.74) is 2.12. The molecule has 0 bridgehead atoms. The fourth-order valence-electron chi connectivity index (χ4n) is 4.11.